The highest BCUT2D eigenvalue weighted by atomic mass is 32.2. The van der Waals surface area contributed by atoms with Crippen LogP contribution < -0.4 is 4.90 Å². The third kappa shape index (κ3) is 5.61. The SMILES string of the molecule is C=CCN(CC=C)S(=O)(=O)c1ccc(C(=O)N(CCN(C)C)c2nc3c(C)cccc3s2)cc1. The Kier molecular flexibility index (Phi) is 8.37. The molecule has 0 saturated carbocycles. The monoisotopic (exact) mass is 498 g/mol. The lowest BCUT2D eigenvalue weighted by Crippen LogP contribution is -2.36. The number of fused-ring (bicyclic) bond motifs is 1. The predicted molar refractivity (Wildman–Crippen MR) is 140 cm³/mol. The number of benzene rings is 2. The smallest absolute Gasteiger partial charge is 0.260 e. The molecule has 180 valence electrons. The van der Waals surface area contributed by atoms with Gasteiger partial charge in [-0.25, -0.2) is 13.4 Å². The molecule has 9 heteroatoms. The fourth-order valence-corrected chi connectivity index (χ4v) is 5.86. The number of carbonyl (C=O) groups excluding carboxylic acids is 1. The van der Waals surface area contributed by atoms with E-state index >= 15 is 0 Å². The van der Waals surface area contributed by atoms with Gasteiger partial charge in [-0.2, -0.15) is 4.31 Å². The zero-order valence-corrected chi connectivity index (χ0v) is 21.4. The molecule has 0 spiro atoms. The number of amides is 1. The number of aryl methyl sites for hydroxylation is 1. The first-order chi connectivity index (χ1) is 16.2. The molecular formula is C25H30N4O3S2. The standard InChI is InChI=1S/C25H30N4O3S2/c1-6-15-28(16-7-2)34(31,32)21-13-11-20(12-14-21)24(30)29(18-17-27(4)5)25-26-23-19(3)9-8-10-22(23)33-25/h6-14H,1-2,15-18H2,3-5H3. The lowest BCUT2D eigenvalue weighted by Gasteiger charge is -2.22. The van der Waals surface area contributed by atoms with Crippen molar-refractivity contribution in [1.29, 1.82) is 0 Å². The van der Waals surface area contributed by atoms with E-state index in [0.717, 1.165) is 15.8 Å². The first-order valence-corrected chi connectivity index (χ1v) is 13.1. The Morgan fingerprint density at radius 2 is 1.68 bits per heavy atom. The molecule has 2 aromatic carbocycles. The number of sulfonamides is 1. The van der Waals surface area contributed by atoms with Crippen LogP contribution in [0.5, 0.6) is 0 Å². The molecule has 0 aliphatic carbocycles. The van der Waals surface area contributed by atoms with Gasteiger partial charge in [0.15, 0.2) is 5.13 Å². The summed E-state index contributed by atoms with van der Waals surface area (Å²) in [6, 6.07) is 12.0. The molecule has 0 N–H and O–H groups in total. The Bertz CT molecular complexity index is 1270. The van der Waals surface area contributed by atoms with Crippen LogP contribution in [0.4, 0.5) is 5.13 Å². The van der Waals surface area contributed by atoms with Gasteiger partial charge in [-0.15, -0.1) is 13.2 Å². The molecular weight excluding hydrogens is 468 g/mol. The minimum Gasteiger partial charge on any atom is -0.308 e. The summed E-state index contributed by atoms with van der Waals surface area (Å²) in [5, 5.41) is 0.621. The van der Waals surface area contributed by atoms with Gasteiger partial charge in [0.2, 0.25) is 10.0 Å². The predicted octanol–water partition coefficient (Wildman–Crippen LogP) is 4.18. The lowest BCUT2D eigenvalue weighted by atomic mass is 10.2. The van der Waals surface area contributed by atoms with Crippen molar-refractivity contribution < 1.29 is 13.2 Å². The van der Waals surface area contributed by atoms with Crippen molar-refractivity contribution in [1.82, 2.24) is 14.2 Å². The summed E-state index contributed by atoms with van der Waals surface area (Å²) in [5.41, 5.74) is 2.34. The van der Waals surface area contributed by atoms with Crippen molar-refractivity contribution >= 4 is 42.6 Å². The van der Waals surface area contributed by atoms with Crippen molar-refractivity contribution in [3.63, 3.8) is 0 Å². The molecule has 0 saturated heterocycles. The van der Waals surface area contributed by atoms with E-state index < -0.39 is 10.0 Å². The maximum absolute atomic E-state index is 13.5. The van der Waals surface area contributed by atoms with E-state index in [2.05, 4.69) is 13.2 Å². The highest BCUT2D eigenvalue weighted by Gasteiger charge is 2.25. The molecule has 7 nitrogen and oxygen atoms in total. The number of aromatic nitrogens is 1. The zero-order valence-electron chi connectivity index (χ0n) is 19.8. The van der Waals surface area contributed by atoms with Gasteiger partial charge < -0.3 is 4.90 Å². The molecule has 3 aromatic rings. The van der Waals surface area contributed by atoms with E-state index in [9.17, 15) is 13.2 Å². The highest BCUT2D eigenvalue weighted by molar-refractivity contribution is 7.89. The molecule has 0 fully saturated rings. The lowest BCUT2D eigenvalue weighted by molar-refractivity contribution is 0.0985. The Morgan fingerprint density at radius 1 is 1.03 bits per heavy atom. The van der Waals surface area contributed by atoms with Crippen molar-refractivity contribution in [2.45, 2.75) is 11.8 Å². The number of thiazole rings is 1. The van der Waals surface area contributed by atoms with Crippen molar-refractivity contribution in [2.24, 2.45) is 0 Å². The summed E-state index contributed by atoms with van der Waals surface area (Å²) >= 11 is 1.47. The Labute approximate surface area is 205 Å². The Hall–Kier alpha value is -2.85. The van der Waals surface area contributed by atoms with Gasteiger partial charge in [-0.3, -0.25) is 9.69 Å². The zero-order chi connectivity index (χ0) is 24.9. The molecule has 0 aliphatic rings. The van der Waals surface area contributed by atoms with Gasteiger partial charge in [0, 0.05) is 31.7 Å². The normalized spacial score (nSPS) is 11.8. The average Bonchev–Trinajstić information content (AvgIpc) is 3.24. The van der Waals surface area contributed by atoms with Crippen molar-refractivity contribution in [2.75, 3.05) is 45.2 Å². The number of carbonyl (C=O) groups is 1. The second-order valence-electron chi connectivity index (χ2n) is 8.10. The Balaban J connectivity index is 1.94. The van der Waals surface area contributed by atoms with E-state index in [-0.39, 0.29) is 23.9 Å². The van der Waals surface area contributed by atoms with Gasteiger partial charge in [0.05, 0.1) is 15.1 Å². The number of anilines is 1. The summed E-state index contributed by atoms with van der Waals surface area (Å²) in [4.78, 5) is 22.0. The number of nitrogens with zero attached hydrogens (tertiary/aromatic N) is 4. The quantitative estimate of drug-likeness (QED) is 0.371. The van der Waals surface area contributed by atoms with Gasteiger partial charge in [-0.1, -0.05) is 35.6 Å². The summed E-state index contributed by atoms with van der Waals surface area (Å²) < 4.78 is 28.2. The van der Waals surface area contributed by atoms with Crippen molar-refractivity contribution in [3.8, 4) is 0 Å². The van der Waals surface area contributed by atoms with Crippen LogP contribution in [0.3, 0.4) is 0 Å². The first-order valence-electron chi connectivity index (χ1n) is 10.8. The second kappa shape index (κ2) is 11.1. The van der Waals surface area contributed by atoms with Crippen LogP contribution in [0, 0.1) is 6.92 Å². The van der Waals surface area contributed by atoms with Crippen LogP contribution in [0.2, 0.25) is 0 Å². The summed E-state index contributed by atoms with van der Waals surface area (Å²) in [5.74, 6) is -0.225. The maximum atomic E-state index is 13.5. The van der Waals surface area contributed by atoms with E-state index in [1.807, 2.05) is 44.1 Å². The molecule has 1 aromatic heterocycles. The van der Waals surface area contributed by atoms with Crippen LogP contribution in [-0.4, -0.2) is 68.8 Å². The fourth-order valence-electron chi connectivity index (χ4n) is 3.41. The third-order valence-corrected chi connectivity index (χ3v) is 8.15. The maximum Gasteiger partial charge on any atom is 0.260 e. The molecule has 0 unspecified atom stereocenters. The second-order valence-corrected chi connectivity index (χ2v) is 11.0. The molecule has 3 rings (SSSR count). The minimum absolute atomic E-state index is 0.114. The number of hydrogen-bond acceptors (Lipinski definition) is 6. The molecule has 0 atom stereocenters. The van der Waals surface area contributed by atoms with Crippen LogP contribution in [0.25, 0.3) is 10.2 Å². The molecule has 1 amide bonds. The molecule has 34 heavy (non-hydrogen) atoms. The summed E-state index contributed by atoms with van der Waals surface area (Å²) in [7, 11) is 0.160. The fraction of sp³-hybridized carbons (Fsp3) is 0.280. The van der Waals surface area contributed by atoms with Crippen LogP contribution in [0.1, 0.15) is 15.9 Å². The topological polar surface area (TPSA) is 73.8 Å². The van der Waals surface area contributed by atoms with Crippen molar-refractivity contribution in [3.05, 3.63) is 78.9 Å². The first kappa shape index (κ1) is 25.8. The van der Waals surface area contributed by atoms with Gasteiger partial charge >= 0.3 is 0 Å². The number of likely N-dealkylation sites (N-methyl/N-ethyl adjacent to an activating group) is 1. The summed E-state index contributed by atoms with van der Waals surface area (Å²) in [6.45, 7) is 10.7. The van der Waals surface area contributed by atoms with E-state index in [1.54, 1.807) is 17.0 Å². The van der Waals surface area contributed by atoms with Crippen LogP contribution in [-0.2, 0) is 10.0 Å². The largest absolute Gasteiger partial charge is 0.308 e. The number of hydrogen-bond donors (Lipinski definition) is 0. The van der Waals surface area contributed by atoms with Gasteiger partial charge in [-0.05, 0) is 56.9 Å². The summed E-state index contributed by atoms with van der Waals surface area (Å²) in [6.07, 6.45) is 3.06. The Morgan fingerprint density at radius 3 is 2.24 bits per heavy atom. The molecule has 0 aliphatic heterocycles. The highest BCUT2D eigenvalue weighted by Crippen LogP contribution is 2.31. The number of rotatable bonds is 11. The van der Waals surface area contributed by atoms with E-state index in [1.165, 1.54) is 39.9 Å². The van der Waals surface area contributed by atoms with Crippen LogP contribution in [0.15, 0.2) is 72.7 Å². The van der Waals surface area contributed by atoms with Crippen LogP contribution >= 0.6 is 11.3 Å². The van der Waals surface area contributed by atoms with E-state index in [0.29, 0.717) is 23.8 Å². The molecule has 1 heterocycles. The van der Waals surface area contributed by atoms with Gasteiger partial charge in [0.1, 0.15) is 0 Å². The van der Waals surface area contributed by atoms with E-state index in [4.69, 9.17) is 4.98 Å². The van der Waals surface area contributed by atoms with Gasteiger partial charge in [0.25, 0.3) is 5.91 Å². The minimum atomic E-state index is -3.73. The molecule has 0 radical (unpaired) electrons. The third-order valence-electron chi connectivity index (χ3n) is 5.26. The average molecular weight is 499 g/mol. The number of para-hydroxylation sites is 1. The molecule has 0 bridgehead atoms.